The molecule has 0 radical (unpaired) electrons. The number of rotatable bonds is 3. The van der Waals surface area contributed by atoms with E-state index in [0.717, 1.165) is 12.1 Å². The fraction of sp³-hybridized carbons (Fsp3) is 0.368. The fourth-order valence-electron chi connectivity index (χ4n) is 3.77. The second-order valence-electron chi connectivity index (χ2n) is 7.58. The molecule has 1 aromatic rings. The van der Waals surface area contributed by atoms with Gasteiger partial charge in [0.05, 0.1) is 21.8 Å². The van der Waals surface area contributed by atoms with Crippen molar-refractivity contribution in [2.75, 3.05) is 43.4 Å². The number of carbonyl (C=O) groups is 1. The molecule has 176 valence electrons. The highest BCUT2D eigenvalue weighted by molar-refractivity contribution is 7.90. The number of carbonyl (C=O) groups excluding carboxylic acids is 1. The van der Waals surface area contributed by atoms with Crippen LogP contribution in [0.15, 0.2) is 46.5 Å². The van der Waals surface area contributed by atoms with Gasteiger partial charge >= 0.3 is 6.18 Å². The third kappa shape index (κ3) is 4.69. The predicted octanol–water partition coefficient (Wildman–Crippen LogP) is 1.76. The van der Waals surface area contributed by atoms with Crippen molar-refractivity contribution in [1.82, 2.24) is 9.80 Å². The number of sulfonamides is 1. The van der Waals surface area contributed by atoms with Crippen LogP contribution in [0.25, 0.3) is 0 Å². The van der Waals surface area contributed by atoms with E-state index in [4.69, 9.17) is 0 Å². The van der Waals surface area contributed by atoms with Crippen molar-refractivity contribution in [3.63, 3.8) is 0 Å². The Morgan fingerprint density at radius 3 is 2.42 bits per heavy atom. The molecule has 3 aliphatic heterocycles. The van der Waals surface area contributed by atoms with Crippen LogP contribution < -0.4 is 4.90 Å². The first-order valence-electron chi connectivity index (χ1n) is 9.84. The molecule has 0 unspecified atom stereocenters. The molecule has 0 N–H and O–H groups in total. The van der Waals surface area contributed by atoms with Crippen molar-refractivity contribution in [1.29, 1.82) is 0 Å². The molecule has 0 bridgehead atoms. The lowest BCUT2D eigenvalue weighted by atomic mass is 10.1. The standard InChI is InChI=1S/C19H18F3N5O5S/c20-19(21,22)14-2-3-15(16(11-14)27(29)30)24-5-7-25(8-6-24)18(28)13-1-4-17-23-33(31,32)10-9-26(17)12-13/h1-4,11-12H,5-10H2. The number of halogens is 3. The van der Waals surface area contributed by atoms with Crippen LogP contribution >= 0.6 is 0 Å². The topological polar surface area (TPSA) is 116 Å². The number of amidine groups is 1. The summed E-state index contributed by atoms with van der Waals surface area (Å²) in [6.07, 6.45) is -0.237. The van der Waals surface area contributed by atoms with Gasteiger partial charge in [-0.3, -0.25) is 14.9 Å². The number of nitro groups is 1. The van der Waals surface area contributed by atoms with Crippen LogP contribution in [0.1, 0.15) is 5.56 Å². The first-order valence-corrected chi connectivity index (χ1v) is 11.4. The maximum atomic E-state index is 12.9. The Hall–Kier alpha value is -3.42. The van der Waals surface area contributed by atoms with Crippen LogP contribution in [0.2, 0.25) is 0 Å². The minimum Gasteiger partial charge on any atom is -0.362 e. The number of benzene rings is 1. The molecule has 4 rings (SSSR count). The summed E-state index contributed by atoms with van der Waals surface area (Å²) in [5, 5.41) is 11.4. The molecular formula is C19H18F3N5O5S. The van der Waals surface area contributed by atoms with Gasteiger partial charge in [-0.25, -0.2) is 8.42 Å². The number of hydrogen-bond acceptors (Lipinski definition) is 7. The lowest BCUT2D eigenvalue weighted by Gasteiger charge is -2.36. The van der Waals surface area contributed by atoms with Gasteiger partial charge in [0.1, 0.15) is 11.5 Å². The second-order valence-corrected chi connectivity index (χ2v) is 9.34. The molecule has 0 atom stereocenters. The highest BCUT2D eigenvalue weighted by atomic mass is 32.2. The quantitative estimate of drug-likeness (QED) is 0.473. The molecular weight excluding hydrogens is 467 g/mol. The van der Waals surface area contributed by atoms with Crippen molar-refractivity contribution in [2.45, 2.75) is 6.18 Å². The molecule has 14 heteroatoms. The SMILES string of the molecule is O=C(C1=CN2CCS(=O)(=O)N=C2C=C1)N1CCN(c2ccc(C(F)(F)F)cc2[N+](=O)[O-])CC1. The van der Waals surface area contributed by atoms with Gasteiger partial charge in [0, 0.05) is 45.0 Å². The number of fused-ring (bicyclic) bond motifs is 1. The maximum absolute atomic E-state index is 12.9. The van der Waals surface area contributed by atoms with Crippen LogP contribution in [-0.2, 0) is 21.0 Å². The van der Waals surface area contributed by atoms with Crippen molar-refractivity contribution in [3.8, 4) is 0 Å². The van der Waals surface area contributed by atoms with Crippen LogP contribution in [0.5, 0.6) is 0 Å². The highest BCUT2D eigenvalue weighted by Gasteiger charge is 2.35. The Kier molecular flexibility index (Phi) is 5.64. The van der Waals surface area contributed by atoms with Gasteiger partial charge < -0.3 is 14.7 Å². The van der Waals surface area contributed by atoms with Crippen LogP contribution in [0.4, 0.5) is 24.5 Å². The maximum Gasteiger partial charge on any atom is 0.416 e. The summed E-state index contributed by atoms with van der Waals surface area (Å²) < 4.78 is 65.7. The van der Waals surface area contributed by atoms with Crippen LogP contribution in [0, 0.1) is 10.1 Å². The molecule has 3 aliphatic rings. The number of nitrogens with zero attached hydrogens (tertiary/aromatic N) is 5. The summed E-state index contributed by atoms with van der Waals surface area (Å²) in [6.45, 7) is 0.982. The smallest absolute Gasteiger partial charge is 0.362 e. The summed E-state index contributed by atoms with van der Waals surface area (Å²) in [7, 11) is -3.51. The van der Waals surface area contributed by atoms with Gasteiger partial charge in [0.2, 0.25) is 0 Å². The number of nitro benzene ring substituents is 1. The molecule has 0 aliphatic carbocycles. The lowest BCUT2D eigenvalue weighted by Crippen LogP contribution is -2.49. The third-order valence-corrected chi connectivity index (χ3v) is 6.64. The first kappa shape index (κ1) is 22.8. The Morgan fingerprint density at radius 2 is 1.79 bits per heavy atom. The van der Waals surface area contributed by atoms with Gasteiger partial charge in [-0.15, -0.1) is 4.40 Å². The highest BCUT2D eigenvalue weighted by Crippen LogP contribution is 2.36. The van der Waals surface area contributed by atoms with E-state index in [1.54, 1.807) is 9.80 Å². The lowest BCUT2D eigenvalue weighted by molar-refractivity contribution is -0.384. The van der Waals surface area contributed by atoms with Crippen molar-refractivity contribution >= 4 is 33.1 Å². The van der Waals surface area contributed by atoms with Crippen molar-refractivity contribution < 1.29 is 31.3 Å². The van der Waals surface area contributed by atoms with Crippen LogP contribution in [0.3, 0.4) is 0 Å². The normalized spacial score (nSPS) is 20.2. The molecule has 1 aromatic carbocycles. The summed E-state index contributed by atoms with van der Waals surface area (Å²) in [6, 6.07) is 2.40. The molecule has 10 nitrogen and oxygen atoms in total. The first-order chi connectivity index (χ1) is 15.4. The van der Waals surface area contributed by atoms with E-state index in [9.17, 15) is 36.5 Å². The molecule has 3 heterocycles. The summed E-state index contributed by atoms with van der Waals surface area (Å²) in [5.41, 5.74) is -1.35. The largest absolute Gasteiger partial charge is 0.416 e. The average Bonchev–Trinajstić information content (AvgIpc) is 2.77. The Labute approximate surface area is 186 Å². The number of piperazine rings is 1. The Bertz CT molecular complexity index is 1200. The number of anilines is 1. The Morgan fingerprint density at radius 1 is 1.09 bits per heavy atom. The van der Waals surface area contributed by atoms with E-state index < -0.39 is 32.4 Å². The van der Waals surface area contributed by atoms with Gasteiger partial charge in [-0.2, -0.15) is 13.2 Å². The molecule has 1 amide bonds. The van der Waals surface area contributed by atoms with Gasteiger partial charge in [-0.1, -0.05) is 0 Å². The second kappa shape index (κ2) is 8.17. The van der Waals surface area contributed by atoms with Gasteiger partial charge in [0.25, 0.3) is 21.6 Å². The minimum atomic E-state index is -4.70. The molecule has 1 fully saturated rings. The van der Waals surface area contributed by atoms with Crippen molar-refractivity contribution in [3.05, 3.63) is 57.8 Å². The molecule has 0 aromatic heterocycles. The zero-order valence-corrected chi connectivity index (χ0v) is 17.8. The average molecular weight is 485 g/mol. The molecule has 33 heavy (non-hydrogen) atoms. The summed E-state index contributed by atoms with van der Waals surface area (Å²) in [5.74, 6) is -0.232. The minimum absolute atomic E-state index is 0.0623. The van der Waals surface area contributed by atoms with Gasteiger partial charge in [-0.05, 0) is 24.3 Å². The zero-order valence-electron chi connectivity index (χ0n) is 17.0. The van der Waals surface area contributed by atoms with Gasteiger partial charge in [0.15, 0.2) is 0 Å². The van der Waals surface area contributed by atoms with E-state index in [2.05, 4.69) is 4.40 Å². The van der Waals surface area contributed by atoms with E-state index in [-0.39, 0.29) is 55.9 Å². The number of hydrogen-bond donors (Lipinski definition) is 0. The summed E-state index contributed by atoms with van der Waals surface area (Å²) in [4.78, 5) is 28.1. The third-order valence-electron chi connectivity index (χ3n) is 5.48. The van der Waals surface area contributed by atoms with E-state index in [1.807, 2.05) is 0 Å². The summed E-state index contributed by atoms with van der Waals surface area (Å²) >= 11 is 0. The molecule has 0 saturated carbocycles. The zero-order chi connectivity index (χ0) is 24.0. The molecule has 0 spiro atoms. The van der Waals surface area contributed by atoms with E-state index >= 15 is 0 Å². The monoisotopic (exact) mass is 485 g/mol. The van der Waals surface area contributed by atoms with E-state index in [0.29, 0.717) is 11.6 Å². The number of amides is 1. The predicted molar refractivity (Wildman–Crippen MR) is 112 cm³/mol. The molecule has 1 saturated heterocycles. The van der Waals surface area contributed by atoms with Crippen LogP contribution in [-0.4, -0.2) is 73.4 Å². The fourth-order valence-corrected chi connectivity index (χ4v) is 4.74. The van der Waals surface area contributed by atoms with E-state index in [1.165, 1.54) is 23.3 Å². The van der Waals surface area contributed by atoms with Crippen molar-refractivity contribution in [2.24, 2.45) is 4.40 Å². The number of alkyl halides is 3. The Balaban J connectivity index is 1.46.